The number of nitrogens with zero attached hydrogens (tertiary/aromatic N) is 3. The van der Waals surface area contributed by atoms with E-state index in [1.807, 2.05) is 37.3 Å². The Hall–Kier alpha value is -2.04. The van der Waals surface area contributed by atoms with Gasteiger partial charge in [0.1, 0.15) is 11.9 Å². The van der Waals surface area contributed by atoms with Crippen LogP contribution in [0.25, 0.3) is 22.3 Å². The Kier molecular flexibility index (Phi) is 4.87. The fourth-order valence-electron chi connectivity index (χ4n) is 2.86. The second-order valence-corrected chi connectivity index (χ2v) is 7.96. The van der Waals surface area contributed by atoms with Crippen LogP contribution >= 0.6 is 46.4 Å². The summed E-state index contributed by atoms with van der Waals surface area (Å²) in [5, 5.41) is 7.80. The lowest BCUT2D eigenvalue weighted by atomic mass is 10.1. The van der Waals surface area contributed by atoms with Crippen molar-refractivity contribution in [2.75, 3.05) is 0 Å². The number of halogens is 2. The van der Waals surface area contributed by atoms with E-state index >= 15 is 0 Å². The molecule has 0 radical (unpaired) electrons. The van der Waals surface area contributed by atoms with Crippen molar-refractivity contribution in [1.29, 1.82) is 0 Å². The van der Waals surface area contributed by atoms with Gasteiger partial charge in [-0.25, -0.2) is 10.1 Å². The van der Waals surface area contributed by atoms with Crippen molar-refractivity contribution in [2.45, 2.75) is 13.0 Å². The third-order valence-corrected chi connectivity index (χ3v) is 5.26. The van der Waals surface area contributed by atoms with E-state index in [4.69, 9.17) is 33.2 Å². The van der Waals surface area contributed by atoms with E-state index in [1.54, 1.807) is 16.7 Å². The molecule has 4 aromatic rings. The van der Waals surface area contributed by atoms with Crippen molar-refractivity contribution in [3.63, 3.8) is 0 Å². The summed E-state index contributed by atoms with van der Waals surface area (Å²) in [5.74, 6) is 0.811. The van der Waals surface area contributed by atoms with Gasteiger partial charge in [-0.3, -0.25) is 9.36 Å². The molecule has 4 rings (SSSR count). The lowest BCUT2D eigenvalue weighted by molar-refractivity contribution is 0.418. The average molecular weight is 511 g/mol. The molecule has 1 unspecified atom stereocenters. The van der Waals surface area contributed by atoms with Crippen LogP contribution in [-0.4, -0.2) is 19.7 Å². The zero-order chi connectivity index (χ0) is 19.1. The van der Waals surface area contributed by atoms with Crippen LogP contribution < -0.4 is 5.56 Å². The molecule has 0 saturated heterocycles. The van der Waals surface area contributed by atoms with E-state index in [9.17, 15) is 4.79 Å². The van der Waals surface area contributed by atoms with Gasteiger partial charge in [-0.15, -0.1) is 5.10 Å². The molecule has 1 N–H and O–H groups in total. The normalized spacial score (nSPS) is 12.4. The minimum Gasteiger partial charge on any atom is -0.412 e. The van der Waals surface area contributed by atoms with Gasteiger partial charge in [0.15, 0.2) is 0 Å². The number of H-pyrrole nitrogens is 1. The number of aromatic nitrogens is 4. The largest absolute Gasteiger partial charge is 0.412 e. The number of fused-ring (bicyclic) bond motifs is 1. The zero-order valence-corrected chi connectivity index (χ0v) is 17.7. The molecule has 0 amide bonds. The van der Waals surface area contributed by atoms with Gasteiger partial charge in [-0.2, -0.15) is 0 Å². The van der Waals surface area contributed by atoms with E-state index < -0.39 is 6.04 Å². The summed E-state index contributed by atoms with van der Waals surface area (Å²) in [5.41, 5.74) is 1.20. The highest BCUT2D eigenvalue weighted by molar-refractivity contribution is 14.1. The van der Waals surface area contributed by atoms with E-state index in [1.165, 1.54) is 0 Å². The van der Waals surface area contributed by atoms with Gasteiger partial charge in [0.2, 0.25) is 5.89 Å². The van der Waals surface area contributed by atoms with Crippen LogP contribution in [0, 0.1) is 8.41 Å². The second kappa shape index (κ2) is 7.17. The van der Waals surface area contributed by atoms with Crippen LogP contribution in [-0.2, 0) is 0 Å². The zero-order valence-electron chi connectivity index (χ0n) is 13.9. The molecule has 2 aromatic carbocycles. The summed E-state index contributed by atoms with van der Waals surface area (Å²) < 4.78 is 7.96. The highest BCUT2D eigenvalue weighted by Crippen LogP contribution is 2.26. The molecule has 27 heavy (non-hydrogen) atoms. The fraction of sp³-hybridized carbons (Fsp3) is 0.111. The minimum atomic E-state index is -0.508. The molecule has 0 bridgehead atoms. The van der Waals surface area contributed by atoms with Crippen LogP contribution in [0.15, 0.2) is 51.7 Å². The number of nitrogens with one attached hydrogen (secondary N) is 1. The van der Waals surface area contributed by atoms with Crippen LogP contribution in [0.3, 0.4) is 0 Å². The van der Waals surface area contributed by atoms with Gasteiger partial charge in [0.05, 0.1) is 10.9 Å². The highest BCUT2D eigenvalue weighted by atomic mass is 127. The predicted molar refractivity (Wildman–Crippen MR) is 115 cm³/mol. The average Bonchev–Trinajstić information content (AvgIpc) is 3.09. The predicted octanol–water partition coefficient (Wildman–Crippen LogP) is 4.98. The molecule has 0 aliphatic rings. The fourth-order valence-corrected chi connectivity index (χ4v) is 3.61. The first kappa shape index (κ1) is 18.3. The third kappa shape index (κ3) is 3.44. The Balaban J connectivity index is 2.05. The number of hydrogen-bond donors (Lipinski definition) is 1. The minimum absolute atomic E-state index is 0.154. The second-order valence-electron chi connectivity index (χ2n) is 5.91. The van der Waals surface area contributed by atoms with Gasteiger partial charge in [-0.05, 0) is 84.2 Å². The van der Waals surface area contributed by atoms with Crippen molar-refractivity contribution in [3.8, 4) is 11.4 Å². The summed E-state index contributed by atoms with van der Waals surface area (Å²) in [6.07, 6.45) is 0. The van der Waals surface area contributed by atoms with Crippen molar-refractivity contribution in [2.24, 2.45) is 0 Å². The standard InChI is InChI=1S/C18H12ClIN4O2S/c1-9(16-22-23-18(27)26-16)24-15(10-2-4-11(19)5-3-10)21-14-7-6-12(20)8-13(14)17(24)25/h2-9H,1H3,(H,23,27). The summed E-state index contributed by atoms with van der Waals surface area (Å²) in [4.78, 5) is 18.2. The number of aromatic amines is 1. The lowest BCUT2D eigenvalue weighted by Crippen LogP contribution is -2.27. The lowest BCUT2D eigenvalue weighted by Gasteiger charge is -2.17. The Labute approximate surface area is 177 Å². The van der Waals surface area contributed by atoms with E-state index in [0.29, 0.717) is 27.6 Å². The smallest absolute Gasteiger partial charge is 0.284 e. The van der Waals surface area contributed by atoms with Crippen molar-refractivity contribution >= 4 is 57.3 Å². The van der Waals surface area contributed by atoms with Crippen molar-refractivity contribution in [1.82, 2.24) is 19.7 Å². The molecule has 1 atom stereocenters. The van der Waals surface area contributed by atoms with Crippen LogP contribution in [0.4, 0.5) is 0 Å². The molecule has 0 aliphatic carbocycles. The van der Waals surface area contributed by atoms with Gasteiger partial charge in [0, 0.05) is 14.2 Å². The molecule has 6 nitrogen and oxygen atoms in total. The van der Waals surface area contributed by atoms with Crippen LogP contribution in [0.2, 0.25) is 5.02 Å². The van der Waals surface area contributed by atoms with E-state index in [0.717, 1.165) is 9.13 Å². The molecule has 0 saturated carbocycles. The first-order valence-corrected chi connectivity index (χ1v) is 9.83. The molecule has 2 aromatic heterocycles. The number of hydrogen-bond acceptors (Lipinski definition) is 5. The quantitative estimate of drug-likeness (QED) is 0.311. The maximum atomic E-state index is 13.4. The maximum Gasteiger partial charge on any atom is 0.284 e. The van der Waals surface area contributed by atoms with Crippen LogP contribution in [0.5, 0.6) is 0 Å². The Morgan fingerprint density at radius 2 is 2.00 bits per heavy atom. The van der Waals surface area contributed by atoms with Crippen molar-refractivity contribution in [3.05, 3.63) is 72.1 Å². The monoisotopic (exact) mass is 510 g/mol. The van der Waals surface area contributed by atoms with Gasteiger partial charge < -0.3 is 4.42 Å². The molecule has 136 valence electrons. The third-order valence-electron chi connectivity index (χ3n) is 4.16. The maximum absolute atomic E-state index is 13.4. The SMILES string of the molecule is CC(c1n[nH]c(=S)o1)n1c(-c2ccc(Cl)cc2)nc2ccc(I)cc2c1=O. The van der Waals surface area contributed by atoms with Gasteiger partial charge in [-0.1, -0.05) is 11.6 Å². The van der Waals surface area contributed by atoms with E-state index in [2.05, 4.69) is 32.8 Å². The van der Waals surface area contributed by atoms with Crippen molar-refractivity contribution < 1.29 is 4.42 Å². The molecule has 2 heterocycles. The Morgan fingerprint density at radius 3 is 2.67 bits per heavy atom. The van der Waals surface area contributed by atoms with Gasteiger partial charge in [0.25, 0.3) is 10.4 Å². The molecule has 0 fully saturated rings. The number of rotatable bonds is 3. The summed E-state index contributed by atoms with van der Waals surface area (Å²) in [7, 11) is 0. The summed E-state index contributed by atoms with van der Waals surface area (Å²) >= 11 is 13.2. The number of benzene rings is 2. The summed E-state index contributed by atoms with van der Waals surface area (Å²) in [6.45, 7) is 1.82. The molecular weight excluding hydrogens is 499 g/mol. The van der Waals surface area contributed by atoms with E-state index in [-0.39, 0.29) is 10.4 Å². The molecule has 9 heteroatoms. The first-order valence-electron chi connectivity index (χ1n) is 7.97. The molecule has 0 aliphatic heterocycles. The Morgan fingerprint density at radius 1 is 1.26 bits per heavy atom. The topological polar surface area (TPSA) is 76.7 Å². The molecule has 0 spiro atoms. The highest BCUT2D eigenvalue weighted by Gasteiger charge is 2.22. The van der Waals surface area contributed by atoms with Crippen LogP contribution in [0.1, 0.15) is 18.9 Å². The molecular formula is C18H12ClIN4O2S. The first-order chi connectivity index (χ1) is 12.9. The van der Waals surface area contributed by atoms with Gasteiger partial charge >= 0.3 is 0 Å². The Bertz CT molecular complexity index is 1260. The summed E-state index contributed by atoms with van der Waals surface area (Å²) in [6, 6.07) is 12.2.